The zero-order chi connectivity index (χ0) is 12.4. The fourth-order valence-electron chi connectivity index (χ4n) is 0.799. The second kappa shape index (κ2) is 4.16. The van der Waals surface area contributed by atoms with E-state index in [1.165, 1.54) is 0 Å². The van der Waals surface area contributed by atoms with E-state index >= 15 is 0 Å². The molecule has 0 bridgehead atoms. The van der Waals surface area contributed by atoms with Crippen molar-refractivity contribution < 1.29 is 24.5 Å². The number of aliphatic hydroxyl groups excluding tert-OH is 1. The summed E-state index contributed by atoms with van der Waals surface area (Å²) in [4.78, 5) is 22.3. The first-order chi connectivity index (χ1) is 6.51. The first-order valence-electron chi connectivity index (χ1n) is 4.45. The van der Waals surface area contributed by atoms with Crippen LogP contribution in [0.2, 0.25) is 0 Å². The molecule has 15 heavy (non-hydrogen) atoms. The molecule has 0 heterocycles. The lowest BCUT2D eigenvalue weighted by Gasteiger charge is -2.29. The highest BCUT2D eigenvalue weighted by atomic mass is 16.6. The van der Waals surface area contributed by atoms with Crippen molar-refractivity contribution in [2.75, 3.05) is 0 Å². The smallest absolute Gasteiger partial charge is 0.341 e. The minimum atomic E-state index is -2.42. The Labute approximate surface area is 88.0 Å². The molecular formula is C9H17NO5. The van der Waals surface area contributed by atoms with Gasteiger partial charge >= 0.3 is 11.9 Å². The van der Waals surface area contributed by atoms with Crippen LogP contribution in [0, 0.1) is 0 Å². The lowest BCUT2D eigenvalue weighted by atomic mass is 9.94. The first kappa shape index (κ1) is 13.9. The van der Waals surface area contributed by atoms with E-state index in [1.54, 1.807) is 20.8 Å². The number of hydrogen-bond donors (Lipinski definition) is 3. The van der Waals surface area contributed by atoms with Gasteiger partial charge in [-0.3, -0.25) is 0 Å². The summed E-state index contributed by atoms with van der Waals surface area (Å²) in [5, 5.41) is 18.0. The van der Waals surface area contributed by atoms with Crippen LogP contribution in [0.5, 0.6) is 0 Å². The molecule has 6 heteroatoms. The van der Waals surface area contributed by atoms with Gasteiger partial charge in [-0.15, -0.1) is 0 Å². The fraction of sp³-hybridized carbons (Fsp3) is 0.778. The van der Waals surface area contributed by atoms with Gasteiger partial charge in [0.2, 0.25) is 5.54 Å². The molecule has 0 unspecified atom stereocenters. The Morgan fingerprint density at radius 2 is 1.73 bits per heavy atom. The molecule has 0 aliphatic carbocycles. The van der Waals surface area contributed by atoms with Crippen molar-refractivity contribution >= 4 is 11.9 Å². The SMILES string of the molecule is C[C@@H](O)[C@](N)(C(=O)O)C(=O)OC(C)(C)C. The van der Waals surface area contributed by atoms with Gasteiger partial charge in [-0.25, -0.2) is 9.59 Å². The summed E-state index contributed by atoms with van der Waals surface area (Å²) >= 11 is 0. The third-order valence-corrected chi connectivity index (χ3v) is 1.75. The van der Waals surface area contributed by atoms with E-state index in [-0.39, 0.29) is 0 Å². The van der Waals surface area contributed by atoms with Gasteiger partial charge in [-0.05, 0) is 27.7 Å². The third-order valence-electron chi connectivity index (χ3n) is 1.75. The maximum Gasteiger partial charge on any atom is 0.341 e. The van der Waals surface area contributed by atoms with Gasteiger partial charge in [0.15, 0.2) is 0 Å². The van der Waals surface area contributed by atoms with Crippen LogP contribution in [0.15, 0.2) is 0 Å². The van der Waals surface area contributed by atoms with Gasteiger partial charge in [0.1, 0.15) is 5.60 Å². The minimum absolute atomic E-state index is 0.855. The highest BCUT2D eigenvalue weighted by Crippen LogP contribution is 2.16. The van der Waals surface area contributed by atoms with Crippen LogP contribution in [0.1, 0.15) is 27.7 Å². The standard InChI is InChI=1S/C9H17NO5/c1-5(11)9(10,6(12)13)7(14)15-8(2,3)4/h5,11H,10H2,1-4H3,(H,12,13)/t5-,9+/m1/s1. The van der Waals surface area contributed by atoms with Gasteiger partial charge in [-0.1, -0.05) is 0 Å². The Balaban J connectivity index is 4.97. The van der Waals surface area contributed by atoms with Gasteiger partial charge in [0, 0.05) is 0 Å². The average molecular weight is 219 g/mol. The number of carbonyl (C=O) groups is 2. The van der Waals surface area contributed by atoms with Crippen LogP contribution < -0.4 is 5.73 Å². The molecule has 0 aromatic carbocycles. The van der Waals surface area contributed by atoms with Crippen LogP contribution in [0.3, 0.4) is 0 Å². The Hall–Kier alpha value is -1.14. The van der Waals surface area contributed by atoms with Crippen molar-refractivity contribution in [2.45, 2.75) is 44.9 Å². The largest absolute Gasteiger partial charge is 0.479 e. The molecule has 0 fully saturated rings. The van der Waals surface area contributed by atoms with Gasteiger partial charge < -0.3 is 20.7 Å². The quantitative estimate of drug-likeness (QED) is 0.435. The molecule has 0 radical (unpaired) electrons. The van der Waals surface area contributed by atoms with Gasteiger partial charge in [-0.2, -0.15) is 0 Å². The lowest BCUT2D eigenvalue weighted by molar-refractivity contribution is -0.174. The molecule has 0 aliphatic heterocycles. The molecule has 0 aromatic heterocycles. The highest BCUT2D eigenvalue weighted by Gasteiger charge is 2.49. The van der Waals surface area contributed by atoms with E-state index in [0.29, 0.717) is 0 Å². The van der Waals surface area contributed by atoms with E-state index in [1.807, 2.05) is 0 Å². The zero-order valence-corrected chi connectivity index (χ0v) is 9.27. The maximum absolute atomic E-state index is 11.5. The number of ether oxygens (including phenoxy) is 1. The molecule has 88 valence electrons. The van der Waals surface area contributed by atoms with Crippen molar-refractivity contribution in [3.05, 3.63) is 0 Å². The molecule has 0 aromatic rings. The Morgan fingerprint density at radius 1 is 1.33 bits per heavy atom. The number of nitrogens with two attached hydrogens (primary N) is 1. The second-order valence-electron chi connectivity index (χ2n) is 4.35. The van der Waals surface area contributed by atoms with Gasteiger partial charge in [0.25, 0.3) is 0 Å². The molecule has 0 rings (SSSR count). The molecule has 0 saturated carbocycles. The van der Waals surface area contributed by atoms with E-state index in [0.717, 1.165) is 6.92 Å². The zero-order valence-electron chi connectivity index (χ0n) is 9.27. The molecule has 0 aliphatic rings. The lowest BCUT2D eigenvalue weighted by Crippen LogP contribution is -2.63. The average Bonchev–Trinajstić information content (AvgIpc) is 1.98. The van der Waals surface area contributed by atoms with Crippen LogP contribution >= 0.6 is 0 Å². The first-order valence-corrected chi connectivity index (χ1v) is 4.45. The van der Waals surface area contributed by atoms with Gasteiger partial charge in [0.05, 0.1) is 6.10 Å². The number of esters is 1. The number of carbonyl (C=O) groups excluding carboxylic acids is 1. The van der Waals surface area contributed by atoms with Crippen molar-refractivity contribution in [1.82, 2.24) is 0 Å². The highest BCUT2D eigenvalue weighted by molar-refractivity contribution is 6.04. The van der Waals surface area contributed by atoms with Crippen LogP contribution in [0.25, 0.3) is 0 Å². The summed E-state index contributed by atoms with van der Waals surface area (Å²) in [5.74, 6) is -2.77. The summed E-state index contributed by atoms with van der Waals surface area (Å²) in [6.07, 6.45) is -1.54. The number of hydrogen-bond acceptors (Lipinski definition) is 5. The number of carboxylic acid groups (broad SMARTS) is 1. The summed E-state index contributed by atoms with van der Waals surface area (Å²) in [5.41, 5.74) is 2.03. The summed E-state index contributed by atoms with van der Waals surface area (Å²) in [6.45, 7) is 5.86. The predicted molar refractivity (Wildman–Crippen MR) is 52.1 cm³/mol. The van der Waals surface area contributed by atoms with Crippen molar-refractivity contribution in [3.8, 4) is 0 Å². The molecule has 0 saturated heterocycles. The summed E-state index contributed by atoms with van der Waals surface area (Å²) in [6, 6.07) is 0. The third kappa shape index (κ3) is 3.17. The molecular weight excluding hydrogens is 202 g/mol. The molecule has 6 nitrogen and oxygen atoms in total. The topological polar surface area (TPSA) is 110 Å². The number of aliphatic hydroxyl groups is 1. The number of carboxylic acids is 1. The Morgan fingerprint density at radius 3 is 1.93 bits per heavy atom. The molecule has 2 atom stereocenters. The Kier molecular flexibility index (Phi) is 3.84. The minimum Gasteiger partial charge on any atom is -0.479 e. The summed E-state index contributed by atoms with van der Waals surface area (Å²) in [7, 11) is 0. The normalized spacial score (nSPS) is 17.7. The summed E-state index contributed by atoms with van der Waals surface area (Å²) < 4.78 is 4.82. The number of aliphatic carboxylic acids is 1. The molecule has 4 N–H and O–H groups in total. The fourth-order valence-corrected chi connectivity index (χ4v) is 0.799. The molecule has 0 amide bonds. The van der Waals surface area contributed by atoms with Crippen molar-refractivity contribution in [2.24, 2.45) is 5.73 Å². The van der Waals surface area contributed by atoms with E-state index in [4.69, 9.17) is 15.6 Å². The van der Waals surface area contributed by atoms with Crippen molar-refractivity contribution in [3.63, 3.8) is 0 Å². The Bertz CT molecular complexity index is 268. The van der Waals surface area contributed by atoms with Crippen LogP contribution in [-0.4, -0.2) is 39.4 Å². The van der Waals surface area contributed by atoms with Crippen molar-refractivity contribution in [1.29, 1.82) is 0 Å². The maximum atomic E-state index is 11.5. The molecule has 0 spiro atoms. The monoisotopic (exact) mass is 219 g/mol. The van der Waals surface area contributed by atoms with Crippen LogP contribution in [-0.2, 0) is 14.3 Å². The van der Waals surface area contributed by atoms with E-state index in [9.17, 15) is 14.7 Å². The van der Waals surface area contributed by atoms with Crippen LogP contribution in [0.4, 0.5) is 0 Å². The second-order valence-corrected chi connectivity index (χ2v) is 4.35. The number of rotatable bonds is 3. The predicted octanol–water partition coefficient (Wildman–Crippen LogP) is -0.509. The van der Waals surface area contributed by atoms with E-state index < -0.39 is 29.2 Å². The van der Waals surface area contributed by atoms with E-state index in [2.05, 4.69) is 0 Å².